The van der Waals surface area contributed by atoms with Gasteiger partial charge in [0.15, 0.2) is 6.10 Å². The molecule has 0 aromatic rings. The van der Waals surface area contributed by atoms with Crippen LogP contribution < -0.4 is 0 Å². The minimum Gasteiger partial charge on any atom is -0.462 e. The number of unbranched alkanes of at least 4 members (excludes halogenated alkanes) is 37. The minimum atomic E-state index is -0.761. The van der Waals surface area contributed by atoms with Gasteiger partial charge in [0.2, 0.25) is 0 Å². The molecule has 0 amide bonds. The molecule has 6 nitrogen and oxygen atoms in total. The van der Waals surface area contributed by atoms with Gasteiger partial charge in [0, 0.05) is 19.3 Å². The average molecular weight is 901 g/mol. The molecule has 6 heteroatoms. The minimum absolute atomic E-state index is 0.0659. The van der Waals surface area contributed by atoms with E-state index in [1.807, 2.05) is 0 Å². The lowest BCUT2D eigenvalue weighted by Gasteiger charge is -2.18. The van der Waals surface area contributed by atoms with Crippen molar-refractivity contribution in [1.82, 2.24) is 0 Å². The quantitative estimate of drug-likeness (QED) is 0.0262. The number of hydrogen-bond donors (Lipinski definition) is 0. The molecular weight excluding hydrogens is 793 g/mol. The van der Waals surface area contributed by atoms with Gasteiger partial charge in [0.05, 0.1) is 0 Å². The predicted octanol–water partition coefficient (Wildman–Crippen LogP) is 18.7. The Kier molecular flexibility index (Phi) is 51.7. The third-order valence-corrected chi connectivity index (χ3v) is 12.7. The highest BCUT2D eigenvalue weighted by Gasteiger charge is 2.19. The van der Waals surface area contributed by atoms with Crippen molar-refractivity contribution < 1.29 is 28.6 Å². The zero-order valence-electron chi connectivity index (χ0n) is 43.1. The molecule has 0 bridgehead atoms. The van der Waals surface area contributed by atoms with Crippen LogP contribution in [0.15, 0.2) is 24.3 Å². The molecule has 1 atom stereocenters. The van der Waals surface area contributed by atoms with Gasteiger partial charge in [-0.25, -0.2) is 0 Å². The molecule has 64 heavy (non-hydrogen) atoms. The zero-order valence-corrected chi connectivity index (χ0v) is 43.1. The standard InChI is InChI=1S/C58H108O6/c1-4-7-10-13-16-18-20-21-22-23-24-25-26-27-28-29-30-31-32-33-34-35-36-37-38-40-42-45-48-51-57(60)63-54-55(53-62-56(59)50-47-44-41-15-12-9-6-3)64-58(61)52-49-46-43-39-19-17-14-11-8-5-2/h20-21,23-24,55H,4-19,22,25-54H2,1-3H3/b21-20-,24-23-. The molecule has 0 aliphatic rings. The first-order valence-electron chi connectivity index (χ1n) is 28.3. The van der Waals surface area contributed by atoms with Gasteiger partial charge in [-0.2, -0.15) is 0 Å². The Morgan fingerprint density at radius 3 is 0.859 bits per heavy atom. The molecule has 0 rings (SSSR count). The number of ether oxygens (including phenoxy) is 3. The van der Waals surface area contributed by atoms with Crippen molar-refractivity contribution in [2.45, 2.75) is 316 Å². The van der Waals surface area contributed by atoms with E-state index in [-0.39, 0.29) is 31.1 Å². The maximum Gasteiger partial charge on any atom is 0.306 e. The van der Waals surface area contributed by atoms with E-state index < -0.39 is 6.10 Å². The van der Waals surface area contributed by atoms with Crippen LogP contribution in [0.3, 0.4) is 0 Å². The molecule has 0 aliphatic heterocycles. The van der Waals surface area contributed by atoms with Crippen LogP contribution in [-0.2, 0) is 28.6 Å². The van der Waals surface area contributed by atoms with Gasteiger partial charge in [0.25, 0.3) is 0 Å². The van der Waals surface area contributed by atoms with E-state index >= 15 is 0 Å². The van der Waals surface area contributed by atoms with Crippen LogP contribution >= 0.6 is 0 Å². The first-order valence-corrected chi connectivity index (χ1v) is 28.3. The normalized spacial score (nSPS) is 12.1. The monoisotopic (exact) mass is 901 g/mol. The Hall–Kier alpha value is -2.11. The van der Waals surface area contributed by atoms with E-state index in [2.05, 4.69) is 45.1 Å². The summed E-state index contributed by atoms with van der Waals surface area (Å²) in [5.74, 6) is -0.859. The number of rotatable bonds is 52. The SMILES string of the molecule is CCCCCCC/C=C\C/C=C\CCCCCCCCCCCCCCCCCCCC(=O)OCC(COC(=O)CCCCCCCCC)OC(=O)CCCCCCCCCCCC. The fraction of sp³-hybridized carbons (Fsp3) is 0.879. The smallest absolute Gasteiger partial charge is 0.306 e. The van der Waals surface area contributed by atoms with Crippen molar-refractivity contribution in [1.29, 1.82) is 0 Å². The summed E-state index contributed by atoms with van der Waals surface area (Å²) in [5.41, 5.74) is 0. The zero-order chi connectivity index (χ0) is 46.5. The van der Waals surface area contributed by atoms with Crippen molar-refractivity contribution in [2.75, 3.05) is 13.2 Å². The van der Waals surface area contributed by atoms with Gasteiger partial charge >= 0.3 is 17.9 Å². The van der Waals surface area contributed by atoms with Gasteiger partial charge in [-0.3, -0.25) is 14.4 Å². The fourth-order valence-corrected chi connectivity index (χ4v) is 8.42. The summed E-state index contributed by atoms with van der Waals surface area (Å²) in [5, 5.41) is 0. The van der Waals surface area contributed by atoms with E-state index in [1.54, 1.807) is 0 Å². The number of carbonyl (C=O) groups excluding carboxylic acids is 3. The molecule has 0 aromatic heterocycles. The van der Waals surface area contributed by atoms with E-state index in [1.165, 1.54) is 205 Å². The van der Waals surface area contributed by atoms with Crippen LogP contribution in [-0.4, -0.2) is 37.2 Å². The van der Waals surface area contributed by atoms with Crippen LogP contribution in [0.4, 0.5) is 0 Å². The fourth-order valence-electron chi connectivity index (χ4n) is 8.42. The molecule has 0 radical (unpaired) electrons. The van der Waals surface area contributed by atoms with Gasteiger partial charge in [-0.05, 0) is 51.4 Å². The average Bonchev–Trinajstić information content (AvgIpc) is 3.29. The maximum atomic E-state index is 12.7. The molecule has 0 heterocycles. The lowest BCUT2D eigenvalue weighted by molar-refractivity contribution is -0.167. The van der Waals surface area contributed by atoms with Crippen molar-refractivity contribution in [3.8, 4) is 0 Å². The van der Waals surface area contributed by atoms with Gasteiger partial charge in [0.1, 0.15) is 13.2 Å². The summed E-state index contributed by atoms with van der Waals surface area (Å²) in [4.78, 5) is 37.7. The Balaban J connectivity index is 3.95. The van der Waals surface area contributed by atoms with Crippen LogP contribution in [0.25, 0.3) is 0 Å². The van der Waals surface area contributed by atoms with Crippen molar-refractivity contribution >= 4 is 17.9 Å². The van der Waals surface area contributed by atoms with Crippen LogP contribution in [0.5, 0.6) is 0 Å². The first kappa shape index (κ1) is 61.9. The number of hydrogen-bond acceptors (Lipinski definition) is 6. The second-order valence-corrected chi connectivity index (χ2v) is 19.2. The van der Waals surface area contributed by atoms with Crippen LogP contribution in [0.1, 0.15) is 310 Å². The highest BCUT2D eigenvalue weighted by Crippen LogP contribution is 2.17. The molecule has 376 valence electrons. The molecule has 0 saturated heterocycles. The third-order valence-electron chi connectivity index (χ3n) is 12.7. The maximum absolute atomic E-state index is 12.7. The third kappa shape index (κ3) is 50.9. The molecule has 0 spiro atoms. The van der Waals surface area contributed by atoms with E-state index in [0.717, 1.165) is 64.2 Å². The summed E-state index contributed by atoms with van der Waals surface area (Å²) in [6, 6.07) is 0. The molecule has 1 unspecified atom stereocenters. The number of esters is 3. The Morgan fingerprint density at radius 2 is 0.562 bits per heavy atom. The van der Waals surface area contributed by atoms with Crippen LogP contribution in [0, 0.1) is 0 Å². The summed E-state index contributed by atoms with van der Waals surface area (Å²) >= 11 is 0. The predicted molar refractivity (Wildman–Crippen MR) is 275 cm³/mol. The molecule has 0 aliphatic carbocycles. The molecule has 0 fully saturated rings. The first-order chi connectivity index (χ1) is 31.5. The van der Waals surface area contributed by atoms with Crippen molar-refractivity contribution in [3.05, 3.63) is 24.3 Å². The number of carbonyl (C=O) groups is 3. The number of allylic oxidation sites excluding steroid dienone is 4. The van der Waals surface area contributed by atoms with Gasteiger partial charge in [-0.1, -0.05) is 263 Å². The van der Waals surface area contributed by atoms with E-state index in [0.29, 0.717) is 19.3 Å². The molecule has 0 saturated carbocycles. The largest absolute Gasteiger partial charge is 0.462 e. The lowest BCUT2D eigenvalue weighted by atomic mass is 10.0. The Bertz CT molecular complexity index is 1040. The molecule has 0 N–H and O–H groups in total. The lowest BCUT2D eigenvalue weighted by Crippen LogP contribution is -2.30. The highest BCUT2D eigenvalue weighted by molar-refractivity contribution is 5.71. The second-order valence-electron chi connectivity index (χ2n) is 19.2. The van der Waals surface area contributed by atoms with Gasteiger partial charge in [-0.15, -0.1) is 0 Å². The Morgan fingerprint density at radius 1 is 0.312 bits per heavy atom. The Labute approximate surface area is 398 Å². The summed E-state index contributed by atoms with van der Waals surface area (Å²) in [6.45, 7) is 6.60. The highest BCUT2D eigenvalue weighted by atomic mass is 16.6. The second kappa shape index (κ2) is 53.5. The van der Waals surface area contributed by atoms with E-state index in [4.69, 9.17) is 14.2 Å². The van der Waals surface area contributed by atoms with Gasteiger partial charge < -0.3 is 14.2 Å². The van der Waals surface area contributed by atoms with Crippen molar-refractivity contribution in [2.24, 2.45) is 0 Å². The van der Waals surface area contributed by atoms with Crippen molar-refractivity contribution in [3.63, 3.8) is 0 Å². The topological polar surface area (TPSA) is 78.9 Å². The van der Waals surface area contributed by atoms with Crippen LogP contribution in [0.2, 0.25) is 0 Å². The molecular formula is C58H108O6. The summed E-state index contributed by atoms with van der Waals surface area (Å²) in [7, 11) is 0. The molecule has 0 aromatic carbocycles. The van der Waals surface area contributed by atoms with E-state index in [9.17, 15) is 14.4 Å². The summed E-state index contributed by atoms with van der Waals surface area (Å²) in [6.07, 6.45) is 62.1. The summed E-state index contributed by atoms with van der Waals surface area (Å²) < 4.78 is 16.7.